The molecule has 0 aliphatic heterocycles. The van der Waals surface area contributed by atoms with Crippen molar-refractivity contribution in [2.24, 2.45) is 5.73 Å². The van der Waals surface area contributed by atoms with Crippen LogP contribution in [0.25, 0.3) is 0 Å². The molecule has 13 heavy (non-hydrogen) atoms. The molecule has 1 aromatic rings. The van der Waals surface area contributed by atoms with Crippen molar-refractivity contribution in [3.8, 4) is 12.3 Å². The standard InChI is InChI=1S/C11H11NO/c1-2-6-10(12)11(13)9-7-4-3-5-8-9/h1,3-5,7-8,10H,6,12H2. The van der Waals surface area contributed by atoms with Gasteiger partial charge in [0.2, 0.25) is 0 Å². The maximum absolute atomic E-state index is 11.5. The molecule has 2 N–H and O–H groups in total. The molecular formula is C11H11NO. The molecule has 0 amide bonds. The Morgan fingerprint density at radius 1 is 1.46 bits per heavy atom. The second kappa shape index (κ2) is 4.44. The van der Waals surface area contributed by atoms with Crippen molar-refractivity contribution in [1.29, 1.82) is 0 Å². The van der Waals surface area contributed by atoms with Crippen LogP contribution in [0.4, 0.5) is 0 Å². The van der Waals surface area contributed by atoms with Gasteiger partial charge in [-0.1, -0.05) is 30.3 Å². The van der Waals surface area contributed by atoms with Gasteiger partial charge in [0.15, 0.2) is 5.78 Å². The van der Waals surface area contributed by atoms with Gasteiger partial charge in [-0.15, -0.1) is 12.3 Å². The predicted octanol–water partition coefficient (Wildman–Crippen LogP) is 1.22. The highest BCUT2D eigenvalue weighted by molar-refractivity contribution is 6.00. The van der Waals surface area contributed by atoms with Gasteiger partial charge in [-0.2, -0.15) is 0 Å². The minimum Gasteiger partial charge on any atom is -0.320 e. The monoisotopic (exact) mass is 173 g/mol. The highest BCUT2D eigenvalue weighted by atomic mass is 16.1. The van der Waals surface area contributed by atoms with Crippen molar-refractivity contribution in [1.82, 2.24) is 0 Å². The molecule has 0 aliphatic rings. The van der Waals surface area contributed by atoms with E-state index < -0.39 is 6.04 Å². The lowest BCUT2D eigenvalue weighted by Gasteiger charge is -2.05. The summed E-state index contributed by atoms with van der Waals surface area (Å²) in [5.41, 5.74) is 6.18. The molecular weight excluding hydrogens is 162 g/mol. The topological polar surface area (TPSA) is 43.1 Å². The Morgan fingerprint density at radius 2 is 2.08 bits per heavy atom. The lowest BCUT2D eigenvalue weighted by atomic mass is 10.0. The van der Waals surface area contributed by atoms with Gasteiger partial charge in [-0.25, -0.2) is 0 Å². The average Bonchev–Trinajstić information content (AvgIpc) is 2.18. The number of terminal acetylenes is 1. The fraction of sp³-hybridized carbons (Fsp3) is 0.182. The molecule has 0 saturated heterocycles. The molecule has 0 heterocycles. The third-order valence-electron chi connectivity index (χ3n) is 1.73. The summed E-state index contributed by atoms with van der Waals surface area (Å²) < 4.78 is 0. The van der Waals surface area contributed by atoms with Crippen molar-refractivity contribution in [3.05, 3.63) is 35.9 Å². The van der Waals surface area contributed by atoms with E-state index in [2.05, 4.69) is 5.92 Å². The SMILES string of the molecule is C#CCC(N)C(=O)c1ccccc1. The molecule has 1 unspecified atom stereocenters. The zero-order chi connectivity index (χ0) is 9.68. The second-order valence-corrected chi connectivity index (χ2v) is 2.75. The first-order valence-electron chi connectivity index (χ1n) is 4.04. The lowest BCUT2D eigenvalue weighted by molar-refractivity contribution is 0.0963. The number of ketones is 1. The normalized spacial score (nSPS) is 11.7. The molecule has 0 saturated carbocycles. The first kappa shape index (κ1) is 9.50. The van der Waals surface area contributed by atoms with Crippen molar-refractivity contribution in [2.75, 3.05) is 0 Å². The van der Waals surface area contributed by atoms with Crippen LogP contribution in [0.15, 0.2) is 30.3 Å². The zero-order valence-corrected chi connectivity index (χ0v) is 7.23. The van der Waals surface area contributed by atoms with E-state index in [9.17, 15) is 4.79 Å². The molecule has 2 heteroatoms. The van der Waals surface area contributed by atoms with E-state index in [1.807, 2.05) is 6.07 Å². The molecule has 0 fully saturated rings. The van der Waals surface area contributed by atoms with Crippen molar-refractivity contribution < 1.29 is 4.79 Å². The number of carbonyl (C=O) groups excluding carboxylic acids is 1. The Balaban J connectivity index is 2.75. The number of nitrogens with two attached hydrogens (primary N) is 1. The Kier molecular flexibility index (Phi) is 3.24. The van der Waals surface area contributed by atoms with Crippen LogP contribution >= 0.6 is 0 Å². The minimum absolute atomic E-state index is 0.0986. The summed E-state index contributed by atoms with van der Waals surface area (Å²) in [6, 6.07) is 8.35. The van der Waals surface area contributed by atoms with Gasteiger partial charge in [0.25, 0.3) is 0 Å². The highest BCUT2D eigenvalue weighted by Gasteiger charge is 2.13. The maximum Gasteiger partial charge on any atom is 0.180 e. The highest BCUT2D eigenvalue weighted by Crippen LogP contribution is 2.03. The van der Waals surface area contributed by atoms with Gasteiger partial charge in [-0.3, -0.25) is 4.79 Å². The number of carbonyl (C=O) groups is 1. The van der Waals surface area contributed by atoms with Crippen molar-refractivity contribution in [3.63, 3.8) is 0 Å². The summed E-state index contributed by atoms with van der Waals surface area (Å²) in [4.78, 5) is 11.5. The van der Waals surface area contributed by atoms with Crippen LogP contribution in [0.2, 0.25) is 0 Å². The van der Waals surface area contributed by atoms with Gasteiger partial charge in [-0.05, 0) is 0 Å². The van der Waals surface area contributed by atoms with Gasteiger partial charge in [0.1, 0.15) is 0 Å². The molecule has 0 bridgehead atoms. The molecule has 0 aliphatic carbocycles. The molecule has 0 aromatic heterocycles. The number of rotatable bonds is 3. The van der Waals surface area contributed by atoms with Crippen LogP contribution in [0, 0.1) is 12.3 Å². The van der Waals surface area contributed by atoms with Crippen LogP contribution in [-0.2, 0) is 0 Å². The van der Waals surface area contributed by atoms with E-state index in [1.165, 1.54) is 0 Å². The third-order valence-corrected chi connectivity index (χ3v) is 1.73. The third kappa shape index (κ3) is 2.43. The minimum atomic E-state index is -0.576. The van der Waals surface area contributed by atoms with Crippen molar-refractivity contribution in [2.45, 2.75) is 12.5 Å². The molecule has 66 valence electrons. The second-order valence-electron chi connectivity index (χ2n) is 2.75. The zero-order valence-electron chi connectivity index (χ0n) is 7.23. The van der Waals surface area contributed by atoms with E-state index in [-0.39, 0.29) is 12.2 Å². The quantitative estimate of drug-likeness (QED) is 0.551. The summed E-state index contributed by atoms with van der Waals surface area (Å²) in [5, 5.41) is 0. The molecule has 1 rings (SSSR count). The fourth-order valence-corrected chi connectivity index (χ4v) is 1.04. The fourth-order valence-electron chi connectivity index (χ4n) is 1.04. The Bertz CT molecular complexity index is 324. The molecule has 0 radical (unpaired) electrons. The van der Waals surface area contributed by atoms with Gasteiger partial charge in [0, 0.05) is 12.0 Å². The summed E-state index contributed by atoms with van der Waals surface area (Å²) in [5.74, 6) is 2.27. The Morgan fingerprint density at radius 3 is 2.62 bits per heavy atom. The van der Waals surface area contributed by atoms with E-state index in [0.717, 1.165) is 0 Å². The number of hydrogen-bond acceptors (Lipinski definition) is 2. The van der Waals surface area contributed by atoms with Crippen LogP contribution in [-0.4, -0.2) is 11.8 Å². The van der Waals surface area contributed by atoms with Gasteiger partial charge >= 0.3 is 0 Å². The number of benzene rings is 1. The van der Waals surface area contributed by atoms with E-state index in [0.29, 0.717) is 5.56 Å². The summed E-state index contributed by atoms with van der Waals surface area (Å²) in [7, 11) is 0. The van der Waals surface area contributed by atoms with Crippen LogP contribution < -0.4 is 5.73 Å². The van der Waals surface area contributed by atoms with Crippen molar-refractivity contribution >= 4 is 5.78 Å². The molecule has 0 spiro atoms. The van der Waals surface area contributed by atoms with Gasteiger partial charge in [0.05, 0.1) is 6.04 Å². The van der Waals surface area contributed by atoms with Crippen LogP contribution in [0.1, 0.15) is 16.8 Å². The van der Waals surface area contributed by atoms with E-state index in [1.54, 1.807) is 24.3 Å². The van der Waals surface area contributed by atoms with Gasteiger partial charge < -0.3 is 5.73 Å². The Labute approximate surface area is 77.8 Å². The van der Waals surface area contributed by atoms with E-state index >= 15 is 0 Å². The first-order valence-corrected chi connectivity index (χ1v) is 4.04. The van der Waals surface area contributed by atoms with E-state index in [4.69, 9.17) is 12.2 Å². The summed E-state index contributed by atoms with van der Waals surface area (Å²) in [6.45, 7) is 0. The molecule has 1 atom stereocenters. The first-order chi connectivity index (χ1) is 6.25. The number of hydrogen-bond donors (Lipinski definition) is 1. The largest absolute Gasteiger partial charge is 0.320 e. The molecule has 2 nitrogen and oxygen atoms in total. The summed E-state index contributed by atoms with van der Waals surface area (Å²) in [6.07, 6.45) is 5.35. The molecule has 1 aromatic carbocycles. The summed E-state index contributed by atoms with van der Waals surface area (Å²) >= 11 is 0. The average molecular weight is 173 g/mol. The smallest absolute Gasteiger partial charge is 0.180 e. The predicted molar refractivity (Wildman–Crippen MR) is 52.2 cm³/mol. The Hall–Kier alpha value is -1.59. The number of Topliss-reactive ketones (excluding diaryl/α,β-unsaturated/α-hetero) is 1. The van der Waals surface area contributed by atoms with Crippen LogP contribution in [0.5, 0.6) is 0 Å². The lowest BCUT2D eigenvalue weighted by Crippen LogP contribution is -2.29. The maximum atomic E-state index is 11.5. The van der Waals surface area contributed by atoms with Crippen LogP contribution in [0.3, 0.4) is 0 Å².